The van der Waals surface area contributed by atoms with E-state index in [9.17, 15) is 5.11 Å². The molecule has 0 aromatic rings. The van der Waals surface area contributed by atoms with Gasteiger partial charge in [0.2, 0.25) is 0 Å². The second-order valence-electron chi connectivity index (χ2n) is 4.39. The largest absolute Gasteiger partial charge is 0.390 e. The first-order valence-electron chi connectivity index (χ1n) is 5.13. The zero-order valence-corrected chi connectivity index (χ0v) is 10.1. The number of nitrogens with one attached hydrogen (secondary N) is 1. The Balaban J connectivity index is 3.44. The van der Waals surface area contributed by atoms with Gasteiger partial charge >= 0.3 is 0 Å². The number of nitrogens with zero attached hydrogens (tertiary/aromatic N) is 2. The lowest BCUT2D eigenvalue weighted by Gasteiger charge is -2.22. The summed E-state index contributed by atoms with van der Waals surface area (Å²) < 4.78 is 0. The van der Waals surface area contributed by atoms with Crippen molar-refractivity contribution in [2.75, 3.05) is 47.8 Å². The quantitative estimate of drug-likeness (QED) is 0.582. The topological polar surface area (TPSA) is 38.7 Å². The van der Waals surface area contributed by atoms with Crippen LogP contribution < -0.4 is 5.32 Å². The summed E-state index contributed by atoms with van der Waals surface area (Å²) in [6, 6.07) is 0.501. The Morgan fingerprint density at radius 1 is 1.14 bits per heavy atom. The lowest BCUT2D eigenvalue weighted by Crippen LogP contribution is -2.41. The standard InChI is InChI=1S/C10H25N3O/c1-9(13(4)5)6-11-7-10(14)8-12(2)3/h9-11,14H,6-8H2,1-5H3. The first-order chi connectivity index (χ1) is 6.43. The van der Waals surface area contributed by atoms with Crippen molar-refractivity contribution in [1.82, 2.24) is 15.1 Å². The molecule has 0 saturated carbocycles. The molecule has 2 atom stereocenters. The molecule has 0 aromatic carbocycles. The summed E-state index contributed by atoms with van der Waals surface area (Å²) in [4.78, 5) is 4.15. The molecule has 4 nitrogen and oxygen atoms in total. The predicted molar refractivity (Wildman–Crippen MR) is 60.6 cm³/mol. The van der Waals surface area contributed by atoms with E-state index < -0.39 is 0 Å². The predicted octanol–water partition coefficient (Wildman–Crippen LogP) is -0.551. The molecule has 0 heterocycles. The van der Waals surface area contributed by atoms with Gasteiger partial charge in [0.1, 0.15) is 0 Å². The Bertz CT molecular complexity index is 139. The van der Waals surface area contributed by atoms with Crippen LogP contribution in [0, 0.1) is 0 Å². The van der Waals surface area contributed by atoms with Gasteiger partial charge in [0.15, 0.2) is 0 Å². The summed E-state index contributed by atoms with van der Waals surface area (Å²) in [5.74, 6) is 0. The molecular weight excluding hydrogens is 178 g/mol. The van der Waals surface area contributed by atoms with Crippen molar-refractivity contribution in [2.24, 2.45) is 0 Å². The molecule has 0 spiro atoms. The van der Waals surface area contributed by atoms with E-state index >= 15 is 0 Å². The molecule has 0 aromatic heterocycles. The van der Waals surface area contributed by atoms with Crippen LogP contribution in [0.3, 0.4) is 0 Å². The Hall–Kier alpha value is -0.160. The van der Waals surface area contributed by atoms with Gasteiger partial charge < -0.3 is 20.2 Å². The van der Waals surface area contributed by atoms with Gasteiger partial charge in [-0.15, -0.1) is 0 Å². The number of rotatable bonds is 7. The second-order valence-corrected chi connectivity index (χ2v) is 4.39. The Morgan fingerprint density at radius 3 is 2.14 bits per heavy atom. The molecule has 0 bridgehead atoms. The van der Waals surface area contributed by atoms with Crippen LogP contribution in [0.2, 0.25) is 0 Å². The minimum Gasteiger partial charge on any atom is -0.390 e. The summed E-state index contributed by atoms with van der Waals surface area (Å²) in [5.41, 5.74) is 0. The summed E-state index contributed by atoms with van der Waals surface area (Å²) in [6.07, 6.45) is -0.278. The first kappa shape index (κ1) is 13.8. The maximum atomic E-state index is 9.55. The molecule has 0 aliphatic carbocycles. The number of aliphatic hydroxyl groups is 1. The van der Waals surface area contributed by atoms with E-state index in [1.54, 1.807) is 0 Å². The first-order valence-corrected chi connectivity index (χ1v) is 5.13. The van der Waals surface area contributed by atoms with Crippen LogP contribution in [0.5, 0.6) is 0 Å². The van der Waals surface area contributed by atoms with Gasteiger partial charge in [-0.05, 0) is 35.1 Å². The third-order valence-electron chi connectivity index (χ3n) is 2.28. The molecule has 14 heavy (non-hydrogen) atoms. The molecule has 0 amide bonds. The van der Waals surface area contributed by atoms with Crippen LogP contribution in [0.25, 0.3) is 0 Å². The maximum Gasteiger partial charge on any atom is 0.0791 e. The fourth-order valence-electron chi connectivity index (χ4n) is 1.13. The molecule has 4 heteroatoms. The zero-order valence-electron chi connectivity index (χ0n) is 10.1. The van der Waals surface area contributed by atoms with Gasteiger partial charge in [-0.2, -0.15) is 0 Å². The highest BCUT2D eigenvalue weighted by atomic mass is 16.3. The molecule has 0 radical (unpaired) electrons. The average molecular weight is 203 g/mol. The number of hydrogen-bond acceptors (Lipinski definition) is 4. The minimum atomic E-state index is -0.278. The van der Waals surface area contributed by atoms with E-state index in [0.29, 0.717) is 19.1 Å². The summed E-state index contributed by atoms with van der Waals surface area (Å²) in [7, 11) is 8.04. The van der Waals surface area contributed by atoms with Crippen molar-refractivity contribution in [3.63, 3.8) is 0 Å². The van der Waals surface area contributed by atoms with Crippen molar-refractivity contribution < 1.29 is 5.11 Å². The van der Waals surface area contributed by atoms with Crippen molar-refractivity contribution in [2.45, 2.75) is 19.1 Å². The van der Waals surface area contributed by atoms with Crippen LogP contribution in [0.1, 0.15) is 6.92 Å². The smallest absolute Gasteiger partial charge is 0.0791 e. The van der Waals surface area contributed by atoms with Gasteiger partial charge in [-0.1, -0.05) is 0 Å². The highest BCUT2D eigenvalue weighted by Gasteiger charge is 2.07. The number of likely N-dealkylation sites (N-methyl/N-ethyl adjacent to an activating group) is 2. The van der Waals surface area contributed by atoms with E-state index in [1.165, 1.54) is 0 Å². The van der Waals surface area contributed by atoms with Crippen LogP contribution in [0.4, 0.5) is 0 Å². The maximum absolute atomic E-state index is 9.55. The monoisotopic (exact) mass is 203 g/mol. The van der Waals surface area contributed by atoms with Crippen LogP contribution in [-0.2, 0) is 0 Å². The fraction of sp³-hybridized carbons (Fsp3) is 1.00. The Labute approximate surface area is 87.9 Å². The molecule has 0 aliphatic heterocycles. The summed E-state index contributed by atoms with van der Waals surface area (Å²) in [5, 5.41) is 12.8. The van der Waals surface area contributed by atoms with Crippen LogP contribution in [-0.4, -0.2) is 74.9 Å². The normalized spacial score (nSPS) is 16.3. The van der Waals surface area contributed by atoms with Gasteiger partial charge in [0.05, 0.1) is 6.10 Å². The van der Waals surface area contributed by atoms with Gasteiger partial charge in [-0.25, -0.2) is 0 Å². The molecule has 0 saturated heterocycles. The van der Waals surface area contributed by atoms with Crippen LogP contribution >= 0.6 is 0 Å². The molecule has 86 valence electrons. The van der Waals surface area contributed by atoms with Gasteiger partial charge in [-0.3, -0.25) is 0 Å². The average Bonchev–Trinajstić information content (AvgIpc) is 2.02. The highest BCUT2D eigenvalue weighted by molar-refractivity contribution is 4.67. The van der Waals surface area contributed by atoms with Crippen molar-refractivity contribution in [3.8, 4) is 0 Å². The van der Waals surface area contributed by atoms with Gasteiger partial charge in [0.25, 0.3) is 0 Å². The molecule has 0 aliphatic rings. The Kier molecular flexibility index (Phi) is 7.09. The van der Waals surface area contributed by atoms with Crippen molar-refractivity contribution >= 4 is 0 Å². The highest BCUT2D eigenvalue weighted by Crippen LogP contribution is 1.89. The molecule has 0 fully saturated rings. The van der Waals surface area contributed by atoms with Gasteiger partial charge in [0, 0.05) is 25.7 Å². The van der Waals surface area contributed by atoms with Crippen molar-refractivity contribution in [1.29, 1.82) is 0 Å². The van der Waals surface area contributed by atoms with E-state index in [2.05, 4.69) is 31.2 Å². The lowest BCUT2D eigenvalue weighted by molar-refractivity contribution is 0.132. The summed E-state index contributed by atoms with van der Waals surface area (Å²) >= 11 is 0. The Morgan fingerprint density at radius 2 is 1.71 bits per heavy atom. The summed E-state index contributed by atoms with van der Waals surface area (Å²) in [6.45, 7) is 4.45. The van der Waals surface area contributed by atoms with E-state index in [1.807, 2.05) is 19.0 Å². The third kappa shape index (κ3) is 7.26. The van der Waals surface area contributed by atoms with E-state index in [4.69, 9.17) is 0 Å². The minimum absolute atomic E-state index is 0.278. The molecule has 0 rings (SSSR count). The van der Waals surface area contributed by atoms with E-state index in [-0.39, 0.29) is 6.10 Å². The number of aliphatic hydroxyl groups excluding tert-OH is 1. The number of hydrogen-bond donors (Lipinski definition) is 2. The SMILES string of the molecule is CC(CNCC(O)CN(C)C)N(C)C. The van der Waals surface area contributed by atoms with Crippen molar-refractivity contribution in [3.05, 3.63) is 0 Å². The van der Waals surface area contributed by atoms with Crippen LogP contribution in [0.15, 0.2) is 0 Å². The molecule has 2 N–H and O–H groups in total. The fourth-order valence-corrected chi connectivity index (χ4v) is 1.13. The molecule has 2 unspecified atom stereocenters. The third-order valence-corrected chi connectivity index (χ3v) is 2.28. The molecular formula is C10H25N3O. The second kappa shape index (κ2) is 7.17. The lowest BCUT2D eigenvalue weighted by atomic mass is 10.3. The van der Waals surface area contributed by atoms with E-state index in [0.717, 1.165) is 6.54 Å². The zero-order chi connectivity index (χ0) is 11.1.